The van der Waals surface area contributed by atoms with Gasteiger partial charge in [-0.05, 0) is 40.9 Å². The number of carbonyl (C=O) groups is 1. The molecule has 1 heterocycles. The van der Waals surface area contributed by atoms with Crippen LogP contribution in [0.3, 0.4) is 0 Å². The Hall–Kier alpha value is -1.41. The fourth-order valence-corrected chi connectivity index (χ4v) is 2.64. The average molecular weight is 322 g/mol. The number of carbonyl (C=O) groups excluding carboxylic acids is 1. The molecule has 0 spiro atoms. The first-order valence-corrected chi connectivity index (χ1v) is 7.30. The predicted molar refractivity (Wildman–Crippen MR) is 76.3 cm³/mol. The molecule has 0 radical (unpaired) electrons. The van der Waals surface area contributed by atoms with Crippen molar-refractivity contribution in [1.82, 2.24) is 4.98 Å². The second-order valence-corrected chi connectivity index (χ2v) is 5.84. The molecular weight excluding hydrogens is 306 g/mol. The van der Waals surface area contributed by atoms with Gasteiger partial charge in [0.15, 0.2) is 0 Å². The second kappa shape index (κ2) is 6.16. The summed E-state index contributed by atoms with van der Waals surface area (Å²) in [6, 6.07) is 5.78. The highest BCUT2D eigenvalue weighted by atomic mass is 79.9. The van der Waals surface area contributed by atoms with E-state index in [-0.39, 0.29) is 5.91 Å². The summed E-state index contributed by atoms with van der Waals surface area (Å²) in [6.07, 6.45) is 7.00. The van der Waals surface area contributed by atoms with E-state index >= 15 is 0 Å². The SMILES string of the molecule is N#CC1(C(=O)Nc2ccc(Br)cn2)CCCCCC1. The number of halogens is 1. The number of aromatic nitrogens is 1. The molecule has 1 aliphatic rings. The Morgan fingerprint density at radius 2 is 2.00 bits per heavy atom. The van der Waals surface area contributed by atoms with Crippen molar-refractivity contribution < 1.29 is 4.79 Å². The molecule has 1 aromatic heterocycles. The lowest BCUT2D eigenvalue weighted by molar-refractivity contribution is -0.123. The molecular formula is C14H16BrN3O. The lowest BCUT2D eigenvalue weighted by atomic mass is 9.81. The van der Waals surface area contributed by atoms with Crippen molar-refractivity contribution in [1.29, 1.82) is 5.26 Å². The van der Waals surface area contributed by atoms with Crippen LogP contribution in [0.2, 0.25) is 0 Å². The van der Waals surface area contributed by atoms with Crippen molar-refractivity contribution in [2.75, 3.05) is 5.32 Å². The third-order valence-electron chi connectivity index (χ3n) is 3.57. The fourth-order valence-electron chi connectivity index (χ4n) is 2.41. The highest BCUT2D eigenvalue weighted by Crippen LogP contribution is 2.35. The Balaban J connectivity index is 2.12. The van der Waals surface area contributed by atoms with E-state index in [2.05, 4.69) is 32.3 Å². The van der Waals surface area contributed by atoms with E-state index in [4.69, 9.17) is 0 Å². The average Bonchev–Trinajstić information content (AvgIpc) is 2.67. The predicted octanol–water partition coefficient (Wildman–Crippen LogP) is 3.65. The molecule has 0 unspecified atom stereocenters. The molecule has 19 heavy (non-hydrogen) atoms. The van der Waals surface area contributed by atoms with Gasteiger partial charge in [0.1, 0.15) is 11.2 Å². The molecule has 0 aliphatic heterocycles. The molecule has 0 bridgehead atoms. The van der Waals surface area contributed by atoms with Crippen LogP contribution >= 0.6 is 15.9 Å². The molecule has 0 aromatic carbocycles. The van der Waals surface area contributed by atoms with Gasteiger partial charge in [-0.3, -0.25) is 4.79 Å². The van der Waals surface area contributed by atoms with Gasteiger partial charge in [-0.15, -0.1) is 0 Å². The zero-order valence-corrected chi connectivity index (χ0v) is 12.2. The van der Waals surface area contributed by atoms with E-state index in [1.54, 1.807) is 12.3 Å². The Morgan fingerprint density at radius 1 is 1.32 bits per heavy atom. The molecule has 1 aromatic rings. The molecule has 2 rings (SSSR count). The van der Waals surface area contributed by atoms with Crippen LogP contribution in [0.5, 0.6) is 0 Å². The Bertz CT molecular complexity index is 484. The molecule has 1 amide bonds. The molecule has 100 valence electrons. The van der Waals surface area contributed by atoms with Crippen LogP contribution in [0, 0.1) is 16.7 Å². The number of nitrogens with zero attached hydrogens (tertiary/aromatic N) is 2. The number of anilines is 1. The highest BCUT2D eigenvalue weighted by Gasteiger charge is 2.39. The highest BCUT2D eigenvalue weighted by molar-refractivity contribution is 9.10. The van der Waals surface area contributed by atoms with Crippen LogP contribution in [0.25, 0.3) is 0 Å². The summed E-state index contributed by atoms with van der Waals surface area (Å²) in [5, 5.41) is 12.2. The van der Waals surface area contributed by atoms with Crippen molar-refractivity contribution in [3.8, 4) is 6.07 Å². The Morgan fingerprint density at radius 3 is 2.53 bits per heavy atom. The molecule has 5 heteroatoms. The van der Waals surface area contributed by atoms with Crippen molar-refractivity contribution in [2.24, 2.45) is 5.41 Å². The monoisotopic (exact) mass is 321 g/mol. The third kappa shape index (κ3) is 3.32. The van der Waals surface area contributed by atoms with Crippen molar-refractivity contribution in [3.63, 3.8) is 0 Å². The first kappa shape index (κ1) is 14.0. The minimum absolute atomic E-state index is 0.216. The number of nitrogens with one attached hydrogen (secondary N) is 1. The quantitative estimate of drug-likeness (QED) is 0.845. The maximum atomic E-state index is 12.4. The van der Waals surface area contributed by atoms with E-state index in [1.165, 1.54) is 0 Å². The van der Waals surface area contributed by atoms with Gasteiger partial charge in [0.25, 0.3) is 0 Å². The van der Waals surface area contributed by atoms with E-state index < -0.39 is 5.41 Å². The third-order valence-corrected chi connectivity index (χ3v) is 4.04. The lowest BCUT2D eigenvalue weighted by Crippen LogP contribution is -2.34. The summed E-state index contributed by atoms with van der Waals surface area (Å²) < 4.78 is 0.856. The van der Waals surface area contributed by atoms with Gasteiger partial charge in [-0.25, -0.2) is 4.98 Å². The smallest absolute Gasteiger partial charge is 0.246 e. The van der Waals surface area contributed by atoms with Gasteiger partial charge in [-0.2, -0.15) is 5.26 Å². The van der Waals surface area contributed by atoms with Crippen LogP contribution in [-0.2, 0) is 4.79 Å². The molecule has 1 fully saturated rings. The van der Waals surface area contributed by atoms with Crippen molar-refractivity contribution in [2.45, 2.75) is 38.5 Å². The number of hydrogen-bond acceptors (Lipinski definition) is 3. The lowest BCUT2D eigenvalue weighted by Gasteiger charge is -2.23. The van der Waals surface area contributed by atoms with Gasteiger partial charge >= 0.3 is 0 Å². The summed E-state index contributed by atoms with van der Waals surface area (Å²) in [6.45, 7) is 0. The molecule has 1 aliphatic carbocycles. The van der Waals surface area contributed by atoms with Gasteiger partial charge in [0.05, 0.1) is 6.07 Å². The number of rotatable bonds is 2. The van der Waals surface area contributed by atoms with E-state index in [9.17, 15) is 10.1 Å². The van der Waals surface area contributed by atoms with Crippen molar-refractivity contribution in [3.05, 3.63) is 22.8 Å². The number of hydrogen-bond donors (Lipinski definition) is 1. The summed E-state index contributed by atoms with van der Waals surface area (Å²) in [5.41, 5.74) is -0.884. The van der Waals surface area contributed by atoms with Crippen LogP contribution in [-0.4, -0.2) is 10.9 Å². The van der Waals surface area contributed by atoms with Gasteiger partial charge in [-0.1, -0.05) is 25.7 Å². The van der Waals surface area contributed by atoms with Crippen LogP contribution in [0.1, 0.15) is 38.5 Å². The van der Waals surface area contributed by atoms with Gasteiger partial charge in [0.2, 0.25) is 5.91 Å². The number of pyridine rings is 1. The molecule has 1 saturated carbocycles. The van der Waals surface area contributed by atoms with Crippen LogP contribution in [0.4, 0.5) is 5.82 Å². The minimum atomic E-state index is -0.884. The topological polar surface area (TPSA) is 65.8 Å². The zero-order chi connectivity index (χ0) is 13.7. The Kier molecular flexibility index (Phi) is 4.54. The van der Waals surface area contributed by atoms with Crippen LogP contribution in [0.15, 0.2) is 22.8 Å². The standard InChI is InChI=1S/C14H16BrN3O/c15-11-5-6-12(17-9-11)18-13(19)14(10-16)7-3-1-2-4-8-14/h5-6,9H,1-4,7-8H2,(H,17,18,19). The van der Waals surface area contributed by atoms with E-state index in [1.807, 2.05) is 6.07 Å². The summed E-state index contributed by atoms with van der Waals surface area (Å²) in [4.78, 5) is 16.5. The number of amides is 1. The molecule has 0 atom stereocenters. The normalized spacial score (nSPS) is 18.1. The maximum absolute atomic E-state index is 12.4. The summed E-state index contributed by atoms with van der Waals surface area (Å²) in [7, 11) is 0. The Labute approximate surface area is 121 Å². The molecule has 4 nitrogen and oxygen atoms in total. The zero-order valence-electron chi connectivity index (χ0n) is 10.7. The van der Waals surface area contributed by atoms with Crippen LogP contribution < -0.4 is 5.32 Å². The minimum Gasteiger partial charge on any atom is -0.309 e. The first-order chi connectivity index (χ1) is 9.16. The maximum Gasteiger partial charge on any atom is 0.246 e. The van der Waals surface area contributed by atoms with E-state index in [0.717, 1.165) is 30.2 Å². The molecule has 1 N–H and O–H groups in total. The van der Waals surface area contributed by atoms with Crippen molar-refractivity contribution >= 4 is 27.7 Å². The summed E-state index contributed by atoms with van der Waals surface area (Å²) in [5.74, 6) is 0.277. The first-order valence-electron chi connectivity index (χ1n) is 6.50. The second-order valence-electron chi connectivity index (χ2n) is 4.92. The van der Waals surface area contributed by atoms with Gasteiger partial charge in [0, 0.05) is 10.7 Å². The summed E-state index contributed by atoms with van der Waals surface area (Å²) >= 11 is 3.30. The van der Waals surface area contributed by atoms with E-state index in [0.29, 0.717) is 18.7 Å². The fraction of sp³-hybridized carbons (Fsp3) is 0.500. The molecule has 0 saturated heterocycles. The largest absolute Gasteiger partial charge is 0.309 e. The van der Waals surface area contributed by atoms with Gasteiger partial charge < -0.3 is 5.32 Å². The number of nitriles is 1.